The van der Waals surface area contributed by atoms with Crippen molar-refractivity contribution in [3.05, 3.63) is 12.2 Å². The van der Waals surface area contributed by atoms with E-state index >= 15 is 0 Å². The van der Waals surface area contributed by atoms with Crippen LogP contribution in [-0.2, 0) is 4.79 Å². The third-order valence-corrected chi connectivity index (χ3v) is 4.23. The van der Waals surface area contributed by atoms with Crippen LogP contribution in [0, 0.1) is 16.7 Å². The van der Waals surface area contributed by atoms with Crippen LogP contribution in [0.15, 0.2) is 12.2 Å². The summed E-state index contributed by atoms with van der Waals surface area (Å²) < 4.78 is 0. The van der Waals surface area contributed by atoms with Gasteiger partial charge in [-0.3, -0.25) is 4.79 Å². The van der Waals surface area contributed by atoms with Crippen LogP contribution in [0.4, 0.5) is 0 Å². The highest BCUT2D eigenvalue weighted by Gasteiger charge is 2.61. The molecule has 12 heavy (non-hydrogen) atoms. The SMILES string of the molecule is C=C1C2(C)CC(=O)C1(C)C(C)C2. The van der Waals surface area contributed by atoms with Gasteiger partial charge in [-0.2, -0.15) is 0 Å². The van der Waals surface area contributed by atoms with Crippen molar-refractivity contribution in [3.63, 3.8) is 0 Å². The molecule has 0 N–H and O–H groups in total. The summed E-state index contributed by atoms with van der Waals surface area (Å²) in [6, 6.07) is 0. The van der Waals surface area contributed by atoms with Gasteiger partial charge in [0.15, 0.2) is 0 Å². The summed E-state index contributed by atoms with van der Waals surface area (Å²) in [6.45, 7) is 10.5. The predicted octanol–water partition coefficient (Wildman–Crippen LogP) is 2.57. The summed E-state index contributed by atoms with van der Waals surface area (Å²) in [5.74, 6) is 0.907. The second kappa shape index (κ2) is 1.84. The van der Waals surface area contributed by atoms with Crippen molar-refractivity contribution in [2.24, 2.45) is 16.7 Å². The Labute approximate surface area is 73.8 Å². The van der Waals surface area contributed by atoms with E-state index in [1.807, 2.05) is 0 Å². The number of allylic oxidation sites excluding steroid dienone is 1. The maximum absolute atomic E-state index is 11.7. The first-order chi connectivity index (χ1) is 5.41. The van der Waals surface area contributed by atoms with Gasteiger partial charge < -0.3 is 0 Å². The van der Waals surface area contributed by atoms with Gasteiger partial charge in [0.2, 0.25) is 0 Å². The van der Waals surface area contributed by atoms with E-state index in [2.05, 4.69) is 27.4 Å². The molecule has 0 aromatic heterocycles. The summed E-state index contributed by atoms with van der Waals surface area (Å²) in [5.41, 5.74) is 1.13. The Bertz CT molecular complexity index is 279. The van der Waals surface area contributed by atoms with Crippen LogP contribution < -0.4 is 0 Å². The predicted molar refractivity (Wildman–Crippen MR) is 48.8 cm³/mol. The largest absolute Gasteiger partial charge is 0.299 e. The summed E-state index contributed by atoms with van der Waals surface area (Å²) >= 11 is 0. The molecule has 0 aliphatic heterocycles. The van der Waals surface area contributed by atoms with Crippen molar-refractivity contribution in [2.45, 2.75) is 33.6 Å². The zero-order valence-corrected chi connectivity index (χ0v) is 8.11. The van der Waals surface area contributed by atoms with Gasteiger partial charge in [0.25, 0.3) is 0 Å². The van der Waals surface area contributed by atoms with Crippen molar-refractivity contribution in [1.82, 2.24) is 0 Å². The number of fused-ring (bicyclic) bond motifs is 2. The molecule has 2 aliphatic carbocycles. The van der Waals surface area contributed by atoms with E-state index in [0.717, 1.165) is 12.8 Å². The molecular formula is C11H16O. The molecule has 1 heteroatoms. The van der Waals surface area contributed by atoms with Crippen LogP contribution in [-0.4, -0.2) is 5.78 Å². The maximum atomic E-state index is 11.7. The first-order valence-corrected chi connectivity index (χ1v) is 4.64. The van der Waals surface area contributed by atoms with Crippen LogP contribution in [0.1, 0.15) is 33.6 Å². The lowest BCUT2D eigenvalue weighted by Crippen LogP contribution is -2.30. The molecule has 0 aromatic carbocycles. The first-order valence-electron chi connectivity index (χ1n) is 4.64. The van der Waals surface area contributed by atoms with E-state index in [-0.39, 0.29) is 10.8 Å². The lowest BCUT2D eigenvalue weighted by Gasteiger charge is -2.27. The Morgan fingerprint density at radius 3 is 2.33 bits per heavy atom. The normalized spacial score (nSPS) is 52.1. The monoisotopic (exact) mass is 164 g/mol. The molecule has 0 saturated heterocycles. The Balaban J connectivity index is 2.56. The molecule has 3 unspecified atom stereocenters. The first kappa shape index (κ1) is 8.03. The van der Waals surface area contributed by atoms with Gasteiger partial charge in [-0.1, -0.05) is 26.0 Å². The second-order valence-electron chi connectivity index (χ2n) is 4.95. The maximum Gasteiger partial charge on any atom is 0.143 e. The van der Waals surface area contributed by atoms with Crippen LogP contribution in [0.25, 0.3) is 0 Å². The van der Waals surface area contributed by atoms with Gasteiger partial charge in [0.05, 0.1) is 0 Å². The zero-order chi connectivity index (χ0) is 9.15. The number of ketones is 1. The molecule has 66 valence electrons. The fraction of sp³-hybridized carbons (Fsp3) is 0.727. The highest BCUT2D eigenvalue weighted by atomic mass is 16.1. The van der Waals surface area contributed by atoms with E-state index in [9.17, 15) is 4.79 Å². The lowest BCUT2D eigenvalue weighted by molar-refractivity contribution is -0.128. The molecule has 0 aromatic rings. The minimum absolute atomic E-state index is 0.130. The Kier molecular flexibility index (Phi) is 1.23. The third-order valence-electron chi connectivity index (χ3n) is 4.23. The van der Waals surface area contributed by atoms with Crippen molar-refractivity contribution >= 4 is 5.78 Å². The van der Waals surface area contributed by atoms with Gasteiger partial charge in [-0.15, -0.1) is 0 Å². The quantitative estimate of drug-likeness (QED) is 0.503. The van der Waals surface area contributed by atoms with E-state index in [1.165, 1.54) is 5.57 Å². The van der Waals surface area contributed by atoms with Gasteiger partial charge >= 0.3 is 0 Å². The molecule has 0 heterocycles. The Morgan fingerprint density at radius 2 is 2.08 bits per heavy atom. The molecule has 2 aliphatic rings. The van der Waals surface area contributed by atoms with Crippen LogP contribution in [0.2, 0.25) is 0 Å². The van der Waals surface area contributed by atoms with Crippen LogP contribution in [0.5, 0.6) is 0 Å². The highest BCUT2D eigenvalue weighted by Crippen LogP contribution is 2.64. The zero-order valence-electron chi connectivity index (χ0n) is 8.11. The highest BCUT2D eigenvalue weighted by molar-refractivity contribution is 5.94. The summed E-state index contributed by atoms with van der Waals surface area (Å²) in [7, 11) is 0. The van der Waals surface area contributed by atoms with Gasteiger partial charge in [-0.25, -0.2) is 0 Å². The van der Waals surface area contributed by atoms with Gasteiger partial charge in [0.1, 0.15) is 5.78 Å². The molecule has 3 atom stereocenters. The van der Waals surface area contributed by atoms with Gasteiger partial charge in [-0.05, 0) is 24.7 Å². The minimum atomic E-state index is -0.186. The minimum Gasteiger partial charge on any atom is -0.299 e. The third kappa shape index (κ3) is 0.596. The molecule has 1 nitrogen and oxygen atoms in total. The lowest BCUT2D eigenvalue weighted by atomic mass is 9.75. The number of Topliss-reactive ketones (excluding diaryl/α,β-unsaturated/α-hetero) is 1. The van der Waals surface area contributed by atoms with E-state index in [4.69, 9.17) is 0 Å². The van der Waals surface area contributed by atoms with Crippen molar-refractivity contribution in [3.8, 4) is 0 Å². The molecule has 2 rings (SSSR count). The average molecular weight is 164 g/mol. The molecule has 0 amide bonds. The van der Waals surface area contributed by atoms with E-state index in [0.29, 0.717) is 11.7 Å². The smallest absolute Gasteiger partial charge is 0.143 e. The summed E-state index contributed by atoms with van der Waals surface area (Å²) in [4.78, 5) is 11.7. The fourth-order valence-corrected chi connectivity index (χ4v) is 3.09. The molecule has 0 spiro atoms. The molecule has 2 fully saturated rings. The molecule has 2 bridgehead atoms. The van der Waals surface area contributed by atoms with Crippen molar-refractivity contribution < 1.29 is 4.79 Å². The van der Waals surface area contributed by atoms with E-state index < -0.39 is 0 Å². The Hall–Kier alpha value is -0.590. The molecule has 2 saturated carbocycles. The topological polar surface area (TPSA) is 17.1 Å². The molecule has 0 radical (unpaired) electrons. The number of carbonyl (C=O) groups excluding carboxylic acids is 1. The number of hydrogen-bond acceptors (Lipinski definition) is 1. The number of rotatable bonds is 0. The van der Waals surface area contributed by atoms with Crippen molar-refractivity contribution in [2.75, 3.05) is 0 Å². The average Bonchev–Trinajstić information content (AvgIpc) is 2.21. The summed E-state index contributed by atoms with van der Waals surface area (Å²) in [5, 5.41) is 0. The Morgan fingerprint density at radius 1 is 1.50 bits per heavy atom. The fourth-order valence-electron chi connectivity index (χ4n) is 3.09. The van der Waals surface area contributed by atoms with Crippen molar-refractivity contribution in [1.29, 1.82) is 0 Å². The van der Waals surface area contributed by atoms with Crippen LogP contribution in [0.3, 0.4) is 0 Å². The standard InChI is InChI=1S/C11H16O/c1-7-5-10(3)6-9(12)11(7,4)8(10)2/h7H,2,5-6H2,1,3-4H3. The van der Waals surface area contributed by atoms with E-state index in [1.54, 1.807) is 0 Å². The van der Waals surface area contributed by atoms with Crippen LogP contribution >= 0.6 is 0 Å². The second-order valence-corrected chi connectivity index (χ2v) is 4.95. The number of hydrogen-bond donors (Lipinski definition) is 0. The molecular weight excluding hydrogens is 148 g/mol. The summed E-state index contributed by atoms with van der Waals surface area (Å²) in [6.07, 6.45) is 1.88. The van der Waals surface area contributed by atoms with Gasteiger partial charge in [0, 0.05) is 11.8 Å². The number of carbonyl (C=O) groups is 1.